The van der Waals surface area contributed by atoms with Crippen molar-refractivity contribution in [1.29, 1.82) is 0 Å². The van der Waals surface area contributed by atoms with Crippen LogP contribution in [0.2, 0.25) is 0 Å². The molecule has 0 atom stereocenters. The van der Waals surface area contributed by atoms with Gasteiger partial charge in [0, 0.05) is 38.3 Å². The van der Waals surface area contributed by atoms with E-state index in [0.717, 1.165) is 16.8 Å². The van der Waals surface area contributed by atoms with Crippen LogP contribution in [0.4, 0.5) is 5.69 Å². The Balaban J connectivity index is 1.53. The van der Waals surface area contributed by atoms with Crippen LogP contribution in [0, 0.1) is 5.92 Å². The van der Waals surface area contributed by atoms with E-state index in [1.165, 1.54) is 0 Å². The number of carbonyl (C=O) groups excluding carboxylic acids is 3. The molecule has 3 rings (SSSR count). The first kappa shape index (κ1) is 17.5. The van der Waals surface area contributed by atoms with Gasteiger partial charge < -0.3 is 15.1 Å². The molecule has 1 saturated heterocycles. The van der Waals surface area contributed by atoms with Crippen molar-refractivity contribution in [3.05, 3.63) is 29.3 Å². The highest BCUT2D eigenvalue weighted by molar-refractivity contribution is 5.99. The number of carbonyl (C=O) groups is 3. The molecule has 2 aliphatic rings. The zero-order chi connectivity index (χ0) is 18.0. The van der Waals surface area contributed by atoms with Crippen molar-refractivity contribution in [2.45, 2.75) is 33.1 Å². The third-order valence-corrected chi connectivity index (χ3v) is 4.72. The van der Waals surface area contributed by atoms with Crippen molar-refractivity contribution in [2.24, 2.45) is 5.92 Å². The molecule has 134 valence electrons. The summed E-state index contributed by atoms with van der Waals surface area (Å²) in [6.45, 7) is 6.48. The second-order valence-electron chi connectivity index (χ2n) is 7.25. The average Bonchev–Trinajstić information content (AvgIpc) is 2.93. The standard InChI is InChI=1S/C19H25N3O3/c1-13(2)9-18(24)21-5-7-22(8-6-21)19(25)11-14-3-4-16-15(10-14)12-17(23)20-16/h3-4,10,13H,5-9,11-12H2,1-2H3,(H,20,23). The van der Waals surface area contributed by atoms with Gasteiger partial charge in [-0.25, -0.2) is 0 Å². The lowest BCUT2D eigenvalue weighted by molar-refractivity contribution is -0.139. The van der Waals surface area contributed by atoms with E-state index in [2.05, 4.69) is 5.32 Å². The van der Waals surface area contributed by atoms with Crippen molar-refractivity contribution in [3.63, 3.8) is 0 Å². The maximum Gasteiger partial charge on any atom is 0.228 e. The Labute approximate surface area is 148 Å². The quantitative estimate of drug-likeness (QED) is 0.899. The molecule has 2 heterocycles. The van der Waals surface area contributed by atoms with Crippen LogP contribution >= 0.6 is 0 Å². The Morgan fingerprint density at radius 3 is 2.36 bits per heavy atom. The third kappa shape index (κ3) is 4.18. The molecule has 0 bridgehead atoms. The number of hydrogen-bond donors (Lipinski definition) is 1. The van der Waals surface area contributed by atoms with E-state index in [-0.39, 0.29) is 17.7 Å². The van der Waals surface area contributed by atoms with E-state index in [1.54, 1.807) is 0 Å². The predicted octanol–water partition coefficient (Wildman–Crippen LogP) is 1.44. The van der Waals surface area contributed by atoms with Crippen LogP contribution in [0.1, 0.15) is 31.4 Å². The maximum absolute atomic E-state index is 12.5. The van der Waals surface area contributed by atoms with Crippen molar-refractivity contribution in [2.75, 3.05) is 31.5 Å². The van der Waals surface area contributed by atoms with E-state index in [9.17, 15) is 14.4 Å². The summed E-state index contributed by atoms with van der Waals surface area (Å²) >= 11 is 0. The number of amides is 3. The minimum atomic E-state index is 0.000614. The van der Waals surface area contributed by atoms with Gasteiger partial charge in [-0.2, -0.15) is 0 Å². The minimum Gasteiger partial charge on any atom is -0.339 e. The fourth-order valence-corrected chi connectivity index (χ4v) is 3.36. The van der Waals surface area contributed by atoms with Crippen LogP contribution in [0.15, 0.2) is 18.2 Å². The summed E-state index contributed by atoms with van der Waals surface area (Å²) in [6, 6.07) is 5.70. The first-order valence-electron chi connectivity index (χ1n) is 8.89. The lowest BCUT2D eigenvalue weighted by Gasteiger charge is -2.35. The number of piperazine rings is 1. The van der Waals surface area contributed by atoms with Gasteiger partial charge in [0.05, 0.1) is 12.8 Å². The van der Waals surface area contributed by atoms with Gasteiger partial charge in [0.2, 0.25) is 17.7 Å². The summed E-state index contributed by atoms with van der Waals surface area (Å²) < 4.78 is 0. The first-order chi connectivity index (χ1) is 11.9. The molecule has 1 fully saturated rings. The third-order valence-electron chi connectivity index (χ3n) is 4.72. The second-order valence-corrected chi connectivity index (χ2v) is 7.25. The number of benzene rings is 1. The van der Waals surface area contributed by atoms with E-state index >= 15 is 0 Å². The van der Waals surface area contributed by atoms with Gasteiger partial charge in [-0.1, -0.05) is 26.0 Å². The summed E-state index contributed by atoms with van der Waals surface area (Å²) in [6.07, 6.45) is 1.28. The van der Waals surface area contributed by atoms with Crippen molar-refractivity contribution in [1.82, 2.24) is 9.80 Å². The van der Waals surface area contributed by atoms with E-state index < -0.39 is 0 Å². The maximum atomic E-state index is 12.5. The van der Waals surface area contributed by atoms with E-state index in [1.807, 2.05) is 41.8 Å². The molecule has 6 heteroatoms. The van der Waals surface area contributed by atoms with Crippen molar-refractivity contribution < 1.29 is 14.4 Å². The lowest BCUT2D eigenvalue weighted by atomic mass is 10.1. The molecule has 1 N–H and O–H groups in total. The van der Waals surface area contributed by atoms with E-state index in [4.69, 9.17) is 0 Å². The minimum absolute atomic E-state index is 0.000614. The molecule has 0 spiro atoms. The smallest absolute Gasteiger partial charge is 0.228 e. The second kappa shape index (κ2) is 7.25. The molecule has 3 amide bonds. The first-order valence-corrected chi connectivity index (χ1v) is 8.89. The highest BCUT2D eigenvalue weighted by atomic mass is 16.2. The lowest BCUT2D eigenvalue weighted by Crippen LogP contribution is -2.51. The Morgan fingerprint density at radius 2 is 1.72 bits per heavy atom. The molecular formula is C19H25N3O3. The number of hydrogen-bond acceptors (Lipinski definition) is 3. The molecule has 0 radical (unpaired) electrons. The molecule has 2 aliphatic heterocycles. The zero-order valence-electron chi connectivity index (χ0n) is 14.9. The van der Waals surface area contributed by atoms with Crippen LogP contribution in [-0.2, 0) is 27.2 Å². The Kier molecular flexibility index (Phi) is 5.06. The molecule has 1 aromatic carbocycles. The monoisotopic (exact) mass is 343 g/mol. The normalized spacial score (nSPS) is 16.8. The van der Waals surface area contributed by atoms with Gasteiger partial charge in [-0.15, -0.1) is 0 Å². The molecule has 0 aliphatic carbocycles. The molecule has 0 aromatic heterocycles. The van der Waals surface area contributed by atoms with Crippen LogP contribution in [-0.4, -0.2) is 53.7 Å². The average molecular weight is 343 g/mol. The largest absolute Gasteiger partial charge is 0.339 e. The molecule has 25 heavy (non-hydrogen) atoms. The highest BCUT2D eigenvalue weighted by Gasteiger charge is 2.25. The highest BCUT2D eigenvalue weighted by Crippen LogP contribution is 2.24. The van der Waals surface area contributed by atoms with Gasteiger partial charge in [-0.3, -0.25) is 14.4 Å². The fourth-order valence-electron chi connectivity index (χ4n) is 3.36. The van der Waals surface area contributed by atoms with Crippen LogP contribution in [0.5, 0.6) is 0 Å². The summed E-state index contributed by atoms with van der Waals surface area (Å²) in [4.78, 5) is 39.7. The Bertz CT molecular complexity index is 691. The topological polar surface area (TPSA) is 69.7 Å². The van der Waals surface area contributed by atoms with Crippen LogP contribution in [0.25, 0.3) is 0 Å². The van der Waals surface area contributed by atoms with Crippen LogP contribution < -0.4 is 5.32 Å². The summed E-state index contributed by atoms with van der Waals surface area (Å²) in [5.41, 5.74) is 2.73. The molecule has 6 nitrogen and oxygen atoms in total. The number of fused-ring (bicyclic) bond motifs is 1. The molecule has 0 saturated carbocycles. The Hall–Kier alpha value is -2.37. The molecule has 1 aromatic rings. The summed E-state index contributed by atoms with van der Waals surface area (Å²) in [5, 5.41) is 2.80. The van der Waals surface area contributed by atoms with Crippen molar-refractivity contribution >= 4 is 23.4 Å². The Morgan fingerprint density at radius 1 is 1.08 bits per heavy atom. The van der Waals surface area contributed by atoms with Gasteiger partial charge in [0.1, 0.15) is 0 Å². The van der Waals surface area contributed by atoms with E-state index in [0.29, 0.717) is 51.4 Å². The van der Waals surface area contributed by atoms with Gasteiger partial charge >= 0.3 is 0 Å². The predicted molar refractivity (Wildman–Crippen MR) is 95.1 cm³/mol. The fraction of sp³-hybridized carbons (Fsp3) is 0.526. The zero-order valence-corrected chi connectivity index (χ0v) is 14.9. The van der Waals surface area contributed by atoms with Crippen molar-refractivity contribution in [3.8, 4) is 0 Å². The van der Waals surface area contributed by atoms with Gasteiger partial charge in [0.15, 0.2) is 0 Å². The number of anilines is 1. The van der Waals surface area contributed by atoms with Gasteiger partial charge in [0.25, 0.3) is 0 Å². The van der Waals surface area contributed by atoms with Crippen LogP contribution in [0.3, 0.4) is 0 Å². The summed E-state index contributed by atoms with van der Waals surface area (Å²) in [7, 11) is 0. The SMILES string of the molecule is CC(C)CC(=O)N1CCN(C(=O)Cc2ccc3c(c2)CC(=O)N3)CC1. The number of nitrogens with one attached hydrogen (secondary N) is 1. The summed E-state index contributed by atoms with van der Waals surface area (Å²) in [5.74, 6) is 0.611. The molecular weight excluding hydrogens is 318 g/mol. The number of rotatable bonds is 4. The molecule has 0 unspecified atom stereocenters. The number of nitrogens with zero attached hydrogens (tertiary/aromatic N) is 2. The van der Waals surface area contributed by atoms with Gasteiger partial charge in [-0.05, 0) is 23.1 Å².